The van der Waals surface area contributed by atoms with Crippen molar-refractivity contribution in [2.24, 2.45) is 29.1 Å². The molecule has 4 aliphatic carbocycles. The highest BCUT2D eigenvalue weighted by Gasteiger charge is 2.66. The zero-order valence-corrected chi connectivity index (χ0v) is 18.4. The van der Waals surface area contributed by atoms with Crippen LogP contribution in [0.15, 0.2) is 0 Å². The molecule has 0 radical (unpaired) electrons. The molecule has 0 amide bonds. The number of hydrogen-bond acceptors (Lipinski definition) is 3. The molecule has 0 aromatic carbocycles. The predicted molar refractivity (Wildman–Crippen MR) is 115 cm³/mol. The molecule has 0 saturated heterocycles. The van der Waals surface area contributed by atoms with Crippen molar-refractivity contribution < 1.29 is 0 Å². The van der Waals surface area contributed by atoms with Crippen LogP contribution in [0.3, 0.4) is 0 Å². The summed E-state index contributed by atoms with van der Waals surface area (Å²) in [6.45, 7) is 6.97. The first-order chi connectivity index (χ1) is 11.0. The van der Waals surface area contributed by atoms with Crippen molar-refractivity contribution in [1.82, 2.24) is 0 Å². The number of rotatable bonds is 2. The molecule has 0 aromatic rings. The van der Waals surface area contributed by atoms with Gasteiger partial charge in [-0.1, -0.05) is 27.2 Å². The highest BCUT2D eigenvalue weighted by Crippen LogP contribution is 2.73. The average molecular weight is 385 g/mol. The van der Waals surface area contributed by atoms with Crippen molar-refractivity contribution >= 4 is 37.9 Å². The molecule has 0 nitrogen and oxygen atoms in total. The molecule has 0 heterocycles. The van der Waals surface area contributed by atoms with Crippen LogP contribution in [0.2, 0.25) is 0 Å². The first kappa shape index (κ1) is 18.4. The highest BCUT2D eigenvalue weighted by molar-refractivity contribution is 7.82. The van der Waals surface area contributed by atoms with Gasteiger partial charge >= 0.3 is 0 Å². The lowest BCUT2D eigenvalue weighted by atomic mass is 9.65. The molecular formula is C21H36S3. The second kappa shape index (κ2) is 5.77. The molecule has 0 N–H and O–H groups in total. The fourth-order valence-electron chi connectivity index (χ4n) is 7.67. The van der Waals surface area contributed by atoms with E-state index in [0.29, 0.717) is 5.41 Å². The first-order valence-corrected chi connectivity index (χ1v) is 11.5. The van der Waals surface area contributed by atoms with E-state index in [1.54, 1.807) is 0 Å². The Morgan fingerprint density at radius 3 is 2.42 bits per heavy atom. The molecule has 4 rings (SSSR count). The zero-order valence-electron chi connectivity index (χ0n) is 15.7. The summed E-state index contributed by atoms with van der Waals surface area (Å²) < 4.78 is 0.546. The Hall–Kier alpha value is 1.05. The number of hydrogen-bond donors (Lipinski definition) is 3. The Bertz CT molecular complexity index is 508. The van der Waals surface area contributed by atoms with Crippen LogP contribution in [-0.4, -0.2) is 14.2 Å². The summed E-state index contributed by atoms with van der Waals surface area (Å²) in [5, 5.41) is 0. The van der Waals surface area contributed by atoms with Gasteiger partial charge in [-0.25, -0.2) is 0 Å². The topological polar surface area (TPSA) is 0 Å². The fraction of sp³-hybridized carbons (Fsp3) is 1.00. The molecule has 24 heavy (non-hydrogen) atoms. The SMILES string of the molecule is CC(C)(S)C[C@@]1(S)CCC2CCC3CC4[C@@H](C2)[C@@]3(CC1)C[C@@]4(C)S. The molecular weight excluding hydrogens is 348 g/mol. The lowest BCUT2D eigenvalue weighted by Crippen LogP contribution is -2.38. The van der Waals surface area contributed by atoms with Gasteiger partial charge in [0, 0.05) is 14.2 Å². The summed E-state index contributed by atoms with van der Waals surface area (Å²) in [6, 6.07) is 0. The monoisotopic (exact) mass is 384 g/mol. The maximum atomic E-state index is 5.30. The lowest BCUT2D eigenvalue weighted by molar-refractivity contribution is 0.112. The fourth-order valence-corrected chi connectivity index (χ4v) is 9.32. The van der Waals surface area contributed by atoms with E-state index in [4.69, 9.17) is 37.9 Å². The second-order valence-corrected chi connectivity index (χ2v) is 14.0. The van der Waals surface area contributed by atoms with Gasteiger partial charge in [-0.15, -0.1) is 0 Å². The van der Waals surface area contributed by atoms with Crippen molar-refractivity contribution in [3.8, 4) is 0 Å². The summed E-state index contributed by atoms with van der Waals surface area (Å²) in [6.07, 6.45) is 13.8. The average Bonchev–Trinajstić information content (AvgIpc) is 2.75. The maximum absolute atomic E-state index is 5.30. The lowest BCUT2D eigenvalue weighted by Gasteiger charge is -2.44. The van der Waals surface area contributed by atoms with Crippen LogP contribution < -0.4 is 0 Å². The number of thiol groups is 3. The molecule has 4 fully saturated rings. The Balaban J connectivity index is 1.66. The van der Waals surface area contributed by atoms with E-state index in [9.17, 15) is 0 Å². The van der Waals surface area contributed by atoms with Crippen molar-refractivity contribution in [2.45, 2.75) is 99.2 Å². The minimum Gasteiger partial charge on any atom is -0.173 e. The van der Waals surface area contributed by atoms with Gasteiger partial charge < -0.3 is 0 Å². The van der Waals surface area contributed by atoms with Crippen molar-refractivity contribution in [1.29, 1.82) is 0 Å². The van der Waals surface area contributed by atoms with E-state index in [1.165, 1.54) is 57.8 Å². The van der Waals surface area contributed by atoms with E-state index >= 15 is 0 Å². The van der Waals surface area contributed by atoms with E-state index in [1.807, 2.05) is 0 Å². The summed E-state index contributed by atoms with van der Waals surface area (Å²) in [5.41, 5.74) is 0.592. The van der Waals surface area contributed by atoms with Crippen LogP contribution in [0.1, 0.15) is 85.0 Å². The molecule has 5 bridgehead atoms. The van der Waals surface area contributed by atoms with Gasteiger partial charge in [-0.05, 0) is 86.9 Å². The Kier molecular flexibility index (Phi) is 4.43. The van der Waals surface area contributed by atoms with Gasteiger partial charge in [0.15, 0.2) is 0 Å². The molecule has 0 aliphatic heterocycles. The molecule has 0 spiro atoms. The van der Waals surface area contributed by atoms with Crippen LogP contribution in [0, 0.1) is 29.1 Å². The van der Waals surface area contributed by atoms with E-state index in [0.717, 1.165) is 30.1 Å². The largest absolute Gasteiger partial charge is 0.173 e. The molecule has 138 valence electrons. The minimum absolute atomic E-state index is 0.0812. The first-order valence-electron chi connectivity index (χ1n) is 10.2. The Labute approximate surface area is 165 Å². The van der Waals surface area contributed by atoms with Gasteiger partial charge in [0.2, 0.25) is 0 Å². The van der Waals surface area contributed by atoms with Crippen LogP contribution in [0.4, 0.5) is 0 Å². The third-order valence-corrected chi connectivity index (χ3v) is 9.66. The minimum atomic E-state index is 0.0812. The smallest absolute Gasteiger partial charge is 0.0143 e. The van der Waals surface area contributed by atoms with Crippen molar-refractivity contribution in [2.75, 3.05) is 0 Å². The van der Waals surface area contributed by atoms with E-state index < -0.39 is 0 Å². The van der Waals surface area contributed by atoms with Gasteiger partial charge in [0.05, 0.1) is 0 Å². The third-order valence-electron chi connectivity index (χ3n) is 8.41. The van der Waals surface area contributed by atoms with Gasteiger partial charge in [0.1, 0.15) is 0 Å². The van der Waals surface area contributed by atoms with Crippen LogP contribution >= 0.6 is 37.9 Å². The summed E-state index contributed by atoms with van der Waals surface area (Å²) >= 11 is 15.3. The van der Waals surface area contributed by atoms with Gasteiger partial charge in [-0.2, -0.15) is 37.9 Å². The molecule has 4 saturated carbocycles. The molecule has 0 aromatic heterocycles. The summed E-state index contributed by atoms with van der Waals surface area (Å²) in [7, 11) is 0. The molecule has 3 heteroatoms. The van der Waals surface area contributed by atoms with Crippen molar-refractivity contribution in [3.05, 3.63) is 0 Å². The van der Waals surface area contributed by atoms with E-state index in [2.05, 4.69) is 20.8 Å². The summed E-state index contributed by atoms with van der Waals surface area (Å²) in [4.78, 5) is 0. The quantitative estimate of drug-likeness (QED) is 0.447. The molecule has 3 unspecified atom stereocenters. The van der Waals surface area contributed by atoms with Crippen LogP contribution in [0.25, 0.3) is 0 Å². The molecule has 7 atom stereocenters. The Morgan fingerprint density at radius 2 is 1.71 bits per heavy atom. The zero-order chi connectivity index (χ0) is 17.4. The van der Waals surface area contributed by atoms with Crippen molar-refractivity contribution in [3.63, 3.8) is 0 Å². The number of fused-ring (bicyclic) bond motifs is 1. The van der Waals surface area contributed by atoms with Gasteiger partial charge in [-0.3, -0.25) is 0 Å². The maximum Gasteiger partial charge on any atom is 0.0143 e. The standard InChI is InChI=1S/C21H36S3/c1-18(2,22)12-20(24)7-6-14-4-5-15-11-16-17(10-14)21(15,9-8-20)13-19(16,3)23/h14-17,22-24H,4-13H2,1-3H3/t14?,15?,16?,17-,19-,20-,21+/m1/s1. The second-order valence-electron chi connectivity index (χ2n) is 10.8. The molecule has 4 aliphatic rings. The summed E-state index contributed by atoms with van der Waals surface area (Å²) in [5.74, 6) is 3.76. The predicted octanol–water partition coefficient (Wildman–Crippen LogP) is 6.46. The highest BCUT2D eigenvalue weighted by atomic mass is 32.1. The Morgan fingerprint density at radius 1 is 0.958 bits per heavy atom. The third kappa shape index (κ3) is 3.01. The van der Waals surface area contributed by atoms with Gasteiger partial charge in [0.25, 0.3) is 0 Å². The van der Waals surface area contributed by atoms with Crippen LogP contribution in [-0.2, 0) is 0 Å². The van der Waals surface area contributed by atoms with E-state index in [-0.39, 0.29) is 14.2 Å². The van der Waals surface area contributed by atoms with Crippen LogP contribution in [0.5, 0.6) is 0 Å². The normalized spacial score (nSPS) is 54.2.